The molecule has 182 valence electrons. The van der Waals surface area contributed by atoms with Gasteiger partial charge in [0.1, 0.15) is 19.0 Å². The predicted molar refractivity (Wildman–Crippen MR) is 122 cm³/mol. The van der Waals surface area contributed by atoms with E-state index in [0.717, 1.165) is 12.8 Å². The summed E-state index contributed by atoms with van der Waals surface area (Å²) in [5, 5.41) is 2.48. The molecular weight excluding hydrogens is 446 g/mol. The van der Waals surface area contributed by atoms with Gasteiger partial charge >= 0.3 is 11.7 Å². The summed E-state index contributed by atoms with van der Waals surface area (Å²) >= 11 is 0. The van der Waals surface area contributed by atoms with Gasteiger partial charge in [-0.05, 0) is 24.6 Å². The van der Waals surface area contributed by atoms with Crippen molar-refractivity contribution >= 4 is 23.0 Å². The molecule has 0 atom stereocenters. The molecule has 0 saturated heterocycles. The van der Waals surface area contributed by atoms with Crippen molar-refractivity contribution in [2.45, 2.75) is 32.9 Å². The normalized spacial score (nSPS) is 10.8. The SMILES string of the molecule is CCCCn1c(=O)[nH]c(=O)c2c1nc(COC(=O)CNC(=O)c1ccc(OC)c(OC)c1)n2C. The third kappa shape index (κ3) is 5.11. The molecular formula is C22H27N5O7. The lowest BCUT2D eigenvalue weighted by Gasteiger charge is -2.10. The van der Waals surface area contributed by atoms with Crippen molar-refractivity contribution in [3.8, 4) is 11.5 Å². The molecule has 0 aliphatic heterocycles. The molecule has 2 heterocycles. The minimum absolute atomic E-state index is 0.212. The van der Waals surface area contributed by atoms with Crippen LogP contribution in [0, 0.1) is 0 Å². The molecule has 0 bridgehead atoms. The highest BCUT2D eigenvalue weighted by molar-refractivity contribution is 5.96. The van der Waals surface area contributed by atoms with Gasteiger partial charge in [-0.25, -0.2) is 9.78 Å². The fourth-order valence-electron chi connectivity index (χ4n) is 3.37. The summed E-state index contributed by atoms with van der Waals surface area (Å²) in [5.74, 6) is -0.0481. The molecule has 2 aromatic heterocycles. The minimum atomic E-state index is -0.696. The number of benzene rings is 1. The number of aromatic nitrogens is 4. The third-order valence-corrected chi connectivity index (χ3v) is 5.24. The van der Waals surface area contributed by atoms with E-state index in [-0.39, 0.29) is 35.7 Å². The lowest BCUT2D eigenvalue weighted by Crippen LogP contribution is -2.31. The number of methoxy groups -OCH3 is 2. The molecule has 0 unspecified atom stereocenters. The summed E-state index contributed by atoms with van der Waals surface area (Å²) in [6.07, 6.45) is 1.60. The van der Waals surface area contributed by atoms with Crippen LogP contribution in [0.4, 0.5) is 0 Å². The van der Waals surface area contributed by atoms with Crippen LogP contribution >= 0.6 is 0 Å². The Kier molecular flexibility index (Phi) is 7.71. The molecule has 12 nitrogen and oxygen atoms in total. The summed E-state index contributed by atoms with van der Waals surface area (Å²) in [6.45, 7) is 1.78. The van der Waals surface area contributed by atoms with E-state index >= 15 is 0 Å². The van der Waals surface area contributed by atoms with Crippen molar-refractivity contribution in [1.82, 2.24) is 24.4 Å². The van der Waals surface area contributed by atoms with Gasteiger partial charge in [0, 0.05) is 19.2 Å². The highest BCUT2D eigenvalue weighted by Gasteiger charge is 2.18. The Morgan fingerprint density at radius 1 is 1.15 bits per heavy atom. The number of carbonyl (C=O) groups is 2. The molecule has 0 radical (unpaired) electrons. The molecule has 1 amide bonds. The van der Waals surface area contributed by atoms with E-state index in [9.17, 15) is 19.2 Å². The number of imidazole rings is 1. The first kappa shape index (κ1) is 24.6. The second-order valence-corrected chi connectivity index (χ2v) is 7.44. The Hall–Kier alpha value is -4.09. The first-order valence-electron chi connectivity index (χ1n) is 10.6. The Morgan fingerprint density at radius 2 is 1.88 bits per heavy atom. The van der Waals surface area contributed by atoms with Crippen molar-refractivity contribution in [1.29, 1.82) is 0 Å². The van der Waals surface area contributed by atoms with Gasteiger partial charge < -0.3 is 24.1 Å². The molecule has 0 spiro atoms. The topological polar surface area (TPSA) is 147 Å². The molecule has 0 aliphatic rings. The molecule has 3 aromatic rings. The number of nitrogens with zero attached hydrogens (tertiary/aromatic N) is 3. The number of unbranched alkanes of at least 4 members (excludes halogenated alkanes) is 1. The second-order valence-electron chi connectivity index (χ2n) is 7.44. The number of rotatable bonds is 10. The standard InChI is InChI=1S/C22H27N5O7/c1-5-6-9-27-19-18(21(30)25-22(27)31)26(2)16(24-19)12-34-17(28)11-23-20(29)13-7-8-14(32-3)15(10-13)33-4/h7-8,10H,5-6,9,11-12H2,1-4H3,(H,23,29)(H,25,30,31). The number of ether oxygens (including phenoxy) is 3. The van der Waals surface area contributed by atoms with Crippen LogP contribution < -0.4 is 26.0 Å². The summed E-state index contributed by atoms with van der Waals surface area (Å²) in [6, 6.07) is 4.62. The van der Waals surface area contributed by atoms with Crippen LogP contribution in [0.25, 0.3) is 11.2 Å². The van der Waals surface area contributed by atoms with Gasteiger partial charge in [0.2, 0.25) is 0 Å². The predicted octanol–water partition coefficient (Wildman–Crippen LogP) is 0.714. The third-order valence-electron chi connectivity index (χ3n) is 5.24. The van der Waals surface area contributed by atoms with Gasteiger partial charge in [-0.3, -0.25) is 23.9 Å². The number of nitrogens with one attached hydrogen (secondary N) is 2. The van der Waals surface area contributed by atoms with Gasteiger partial charge in [0.15, 0.2) is 22.7 Å². The highest BCUT2D eigenvalue weighted by Crippen LogP contribution is 2.27. The zero-order valence-electron chi connectivity index (χ0n) is 19.5. The van der Waals surface area contributed by atoms with Crippen LogP contribution in [0.15, 0.2) is 27.8 Å². The number of H-pyrrole nitrogens is 1. The van der Waals surface area contributed by atoms with E-state index in [1.807, 2.05) is 6.92 Å². The van der Waals surface area contributed by atoms with Crippen molar-refractivity contribution in [2.24, 2.45) is 7.05 Å². The molecule has 3 rings (SSSR count). The zero-order valence-corrected chi connectivity index (χ0v) is 19.5. The van der Waals surface area contributed by atoms with Gasteiger partial charge in [-0.1, -0.05) is 13.3 Å². The Labute approximate surface area is 194 Å². The summed E-state index contributed by atoms with van der Waals surface area (Å²) in [4.78, 5) is 55.7. The van der Waals surface area contributed by atoms with Crippen molar-refractivity contribution in [3.05, 3.63) is 50.4 Å². The lowest BCUT2D eigenvalue weighted by molar-refractivity contribution is -0.143. The molecule has 0 fully saturated rings. The van der Waals surface area contributed by atoms with E-state index in [1.54, 1.807) is 13.1 Å². The molecule has 2 N–H and O–H groups in total. The van der Waals surface area contributed by atoms with Crippen molar-refractivity contribution in [2.75, 3.05) is 20.8 Å². The van der Waals surface area contributed by atoms with E-state index in [4.69, 9.17) is 14.2 Å². The average molecular weight is 473 g/mol. The minimum Gasteiger partial charge on any atom is -0.493 e. The quantitative estimate of drug-likeness (QED) is 0.410. The number of hydrogen-bond acceptors (Lipinski definition) is 8. The largest absolute Gasteiger partial charge is 0.493 e. The maximum Gasteiger partial charge on any atom is 0.330 e. The van der Waals surface area contributed by atoms with E-state index in [2.05, 4.69) is 15.3 Å². The molecule has 34 heavy (non-hydrogen) atoms. The van der Waals surface area contributed by atoms with Crippen LogP contribution in [-0.4, -0.2) is 51.7 Å². The number of aromatic amines is 1. The fraction of sp³-hybridized carbons (Fsp3) is 0.409. The average Bonchev–Trinajstić information content (AvgIpc) is 3.16. The second kappa shape index (κ2) is 10.7. The Bertz CT molecular complexity index is 1320. The van der Waals surface area contributed by atoms with Gasteiger partial charge in [0.25, 0.3) is 11.5 Å². The van der Waals surface area contributed by atoms with Crippen LogP contribution in [0.1, 0.15) is 35.9 Å². The number of hydrogen-bond donors (Lipinski definition) is 2. The smallest absolute Gasteiger partial charge is 0.330 e. The first-order valence-corrected chi connectivity index (χ1v) is 10.6. The maximum absolute atomic E-state index is 12.4. The fourth-order valence-corrected chi connectivity index (χ4v) is 3.37. The van der Waals surface area contributed by atoms with Crippen LogP contribution in [-0.2, 0) is 29.7 Å². The van der Waals surface area contributed by atoms with Crippen LogP contribution in [0.5, 0.6) is 11.5 Å². The summed E-state index contributed by atoms with van der Waals surface area (Å²) < 4.78 is 18.4. The van der Waals surface area contributed by atoms with E-state index in [1.165, 1.54) is 35.5 Å². The summed E-state index contributed by atoms with van der Waals surface area (Å²) in [5.41, 5.74) is -0.376. The first-order chi connectivity index (χ1) is 16.3. The number of esters is 1. The van der Waals surface area contributed by atoms with Gasteiger partial charge in [-0.15, -0.1) is 0 Å². The molecule has 0 aliphatic carbocycles. The Morgan fingerprint density at radius 3 is 2.56 bits per heavy atom. The van der Waals surface area contributed by atoms with Crippen molar-refractivity contribution in [3.63, 3.8) is 0 Å². The van der Waals surface area contributed by atoms with E-state index < -0.39 is 23.1 Å². The summed E-state index contributed by atoms with van der Waals surface area (Å²) in [7, 11) is 4.54. The van der Waals surface area contributed by atoms with Gasteiger partial charge in [-0.2, -0.15) is 0 Å². The monoisotopic (exact) mass is 473 g/mol. The number of fused-ring (bicyclic) bond motifs is 1. The molecule has 12 heteroatoms. The number of carbonyl (C=O) groups excluding carboxylic acids is 2. The molecule has 0 saturated carbocycles. The number of amides is 1. The zero-order chi connectivity index (χ0) is 24.8. The van der Waals surface area contributed by atoms with Crippen molar-refractivity contribution < 1.29 is 23.8 Å². The Balaban J connectivity index is 1.67. The maximum atomic E-state index is 12.4. The van der Waals surface area contributed by atoms with Crippen LogP contribution in [0.2, 0.25) is 0 Å². The van der Waals surface area contributed by atoms with E-state index in [0.29, 0.717) is 18.0 Å². The van der Waals surface area contributed by atoms with Crippen LogP contribution in [0.3, 0.4) is 0 Å². The highest BCUT2D eigenvalue weighted by atomic mass is 16.5. The number of aryl methyl sites for hydroxylation is 2. The molecule has 1 aromatic carbocycles. The van der Waals surface area contributed by atoms with Gasteiger partial charge in [0.05, 0.1) is 14.2 Å². The lowest BCUT2D eigenvalue weighted by atomic mass is 10.2.